The number of amides is 2. The summed E-state index contributed by atoms with van der Waals surface area (Å²) in [5.74, 6) is -4.37. The maximum absolute atomic E-state index is 13.5. The smallest absolute Gasteiger partial charge is 0.340 e. The Labute approximate surface area is 183 Å². The summed E-state index contributed by atoms with van der Waals surface area (Å²) < 4.78 is 53.0. The fraction of sp³-hybridized carbons (Fsp3) is 0.300. The molecule has 0 aliphatic carbocycles. The lowest BCUT2D eigenvalue weighted by Gasteiger charge is -2.16. The first-order valence-corrected chi connectivity index (χ1v) is 9.67. The van der Waals surface area contributed by atoms with Crippen molar-refractivity contribution in [2.24, 2.45) is 0 Å². The van der Waals surface area contributed by atoms with Gasteiger partial charge in [-0.05, 0) is 38.0 Å². The van der Waals surface area contributed by atoms with E-state index >= 15 is 0 Å². The molecular weight excluding hydrogens is 456 g/mol. The highest BCUT2D eigenvalue weighted by atomic mass is 35.5. The van der Waals surface area contributed by atoms with Crippen LogP contribution in [0.5, 0.6) is 0 Å². The molecule has 0 saturated heterocycles. The van der Waals surface area contributed by atoms with Crippen LogP contribution >= 0.6 is 11.6 Å². The Balaban J connectivity index is 1.92. The van der Waals surface area contributed by atoms with Gasteiger partial charge in [0.2, 0.25) is 0 Å². The van der Waals surface area contributed by atoms with E-state index in [4.69, 9.17) is 16.9 Å². The Bertz CT molecular complexity index is 1170. The van der Waals surface area contributed by atoms with Gasteiger partial charge in [0.15, 0.2) is 0 Å². The molecule has 0 fully saturated rings. The number of halogens is 5. The molecule has 1 aliphatic rings. The molecule has 2 aromatic rings. The number of benzene rings is 1. The number of nitrogens with one attached hydrogen (secondary N) is 2. The van der Waals surface area contributed by atoms with Crippen molar-refractivity contribution in [3.05, 3.63) is 51.6 Å². The van der Waals surface area contributed by atoms with Gasteiger partial charge in [-0.25, -0.2) is 4.39 Å². The van der Waals surface area contributed by atoms with Gasteiger partial charge >= 0.3 is 6.18 Å². The molecule has 1 aromatic carbocycles. The summed E-state index contributed by atoms with van der Waals surface area (Å²) in [6.07, 6.45) is -3.89. The fourth-order valence-electron chi connectivity index (χ4n) is 3.33. The zero-order valence-electron chi connectivity index (χ0n) is 16.4. The van der Waals surface area contributed by atoms with Gasteiger partial charge in [-0.1, -0.05) is 11.6 Å². The van der Waals surface area contributed by atoms with Gasteiger partial charge in [-0.2, -0.15) is 18.4 Å². The molecular formula is C20H15ClF4N4O3. The highest BCUT2D eigenvalue weighted by Crippen LogP contribution is 2.34. The lowest BCUT2D eigenvalue weighted by molar-refractivity contribution is -0.156. The van der Waals surface area contributed by atoms with Gasteiger partial charge in [0.1, 0.15) is 23.6 Å². The number of nitrogens with zero attached hydrogens (tertiary/aromatic N) is 2. The number of hydrogen-bond donors (Lipinski definition) is 2. The van der Waals surface area contributed by atoms with Crippen molar-refractivity contribution < 1.29 is 31.9 Å². The largest absolute Gasteiger partial charge is 0.408 e. The Morgan fingerprint density at radius 3 is 2.59 bits per heavy atom. The summed E-state index contributed by atoms with van der Waals surface area (Å²) in [7, 11) is 0. The minimum absolute atomic E-state index is 0.0894. The SMILES string of the molecule is C[C@H](NC(=O)C(=O)c1c(Cl)c(C(=O)Nc2ccc(F)c(C#N)c2)c2n1CCC2)C(F)(F)F. The van der Waals surface area contributed by atoms with Crippen molar-refractivity contribution in [1.82, 2.24) is 9.88 Å². The number of carbonyl (C=O) groups excluding carboxylic acids is 3. The minimum Gasteiger partial charge on any atom is -0.340 e. The van der Waals surface area contributed by atoms with Crippen molar-refractivity contribution >= 4 is 34.9 Å². The van der Waals surface area contributed by atoms with E-state index in [1.54, 1.807) is 11.4 Å². The van der Waals surface area contributed by atoms with E-state index < -0.39 is 35.6 Å². The van der Waals surface area contributed by atoms with Crippen LogP contribution in [0.1, 0.15) is 45.4 Å². The van der Waals surface area contributed by atoms with Crippen LogP contribution in [0.25, 0.3) is 0 Å². The van der Waals surface area contributed by atoms with Crippen molar-refractivity contribution in [2.45, 2.75) is 38.5 Å². The fourth-order valence-corrected chi connectivity index (χ4v) is 3.71. The molecule has 0 spiro atoms. The Hall–Kier alpha value is -3.39. The number of Topliss-reactive ketones (excluding diaryl/α,β-unsaturated/α-hetero) is 1. The van der Waals surface area contributed by atoms with E-state index in [-0.39, 0.29) is 34.1 Å². The average Bonchev–Trinajstić information content (AvgIpc) is 3.27. The molecule has 2 amide bonds. The number of hydrogen-bond acceptors (Lipinski definition) is 4. The zero-order valence-corrected chi connectivity index (χ0v) is 17.2. The van der Waals surface area contributed by atoms with Gasteiger partial charge < -0.3 is 15.2 Å². The van der Waals surface area contributed by atoms with Gasteiger partial charge in [0, 0.05) is 17.9 Å². The van der Waals surface area contributed by atoms with Crippen molar-refractivity contribution in [3.8, 4) is 6.07 Å². The normalized spacial score (nSPS) is 13.8. The minimum atomic E-state index is -4.75. The van der Waals surface area contributed by atoms with Gasteiger partial charge in [-0.15, -0.1) is 0 Å². The van der Waals surface area contributed by atoms with Crippen molar-refractivity contribution in [2.75, 3.05) is 5.32 Å². The van der Waals surface area contributed by atoms with Crippen LogP contribution in [0, 0.1) is 17.1 Å². The van der Waals surface area contributed by atoms with Crippen LogP contribution in [0.4, 0.5) is 23.2 Å². The van der Waals surface area contributed by atoms with Crippen LogP contribution in [-0.2, 0) is 17.8 Å². The van der Waals surface area contributed by atoms with Crippen LogP contribution in [0.15, 0.2) is 18.2 Å². The molecule has 1 aromatic heterocycles. The highest BCUT2D eigenvalue weighted by Gasteiger charge is 2.40. The number of alkyl halides is 3. The molecule has 168 valence electrons. The summed E-state index contributed by atoms with van der Waals surface area (Å²) in [5.41, 5.74) is -0.371. The second kappa shape index (κ2) is 8.63. The third-order valence-electron chi connectivity index (χ3n) is 4.94. The summed E-state index contributed by atoms with van der Waals surface area (Å²) >= 11 is 6.24. The standard InChI is InChI=1S/C20H15ClF4N4O3/c1-9(20(23,24)25)27-19(32)17(30)16-15(21)14(13-3-2-6-29(13)16)18(31)28-11-4-5-12(22)10(7-11)8-26/h4-5,7,9H,2-3,6H2,1H3,(H,27,32)(H,28,31)/t9-/m0/s1. The van der Waals surface area contributed by atoms with Gasteiger partial charge in [-0.3, -0.25) is 14.4 Å². The van der Waals surface area contributed by atoms with E-state index in [9.17, 15) is 31.9 Å². The maximum Gasteiger partial charge on any atom is 0.408 e. The number of anilines is 1. The van der Waals surface area contributed by atoms with Crippen LogP contribution in [-0.4, -0.2) is 34.4 Å². The van der Waals surface area contributed by atoms with Gasteiger partial charge in [0.05, 0.1) is 16.1 Å². The highest BCUT2D eigenvalue weighted by molar-refractivity contribution is 6.48. The summed E-state index contributed by atoms with van der Waals surface area (Å²) in [6, 6.07) is 2.68. The summed E-state index contributed by atoms with van der Waals surface area (Å²) in [5, 5.41) is 12.6. The molecule has 0 bridgehead atoms. The first-order chi connectivity index (χ1) is 15.0. The molecule has 1 atom stereocenters. The third-order valence-corrected chi connectivity index (χ3v) is 5.31. The molecule has 0 radical (unpaired) electrons. The first kappa shape index (κ1) is 23.3. The Morgan fingerprint density at radius 2 is 1.97 bits per heavy atom. The first-order valence-electron chi connectivity index (χ1n) is 9.29. The van der Waals surface area contributed by atoms with E-state index in [1.165, 1.54) is 10.6 Å². The average molecular weight is 471 g/mol. The molecule has 0 unspecified atom stereocenters. The zero-order chi connectivity index (χ0) is 23.8. The molecule has 7 nitrogen and oxygen atoms in total. The lowest BCUT2D eigenvalue weighted by Crippen LogP contribution is -2.46. The van der Waals surface area contributed by atoms with Crippen molar-refractivity contribution in [3.63, 3.8) is 0 Å². The summed E-state index contributed by atoms with van der Waals surface area (Å²) in [6.45, 7) is 0.924. The van der Waals surface area contributed by atoms with E-state index in [1.807, 2.05) is 0 Å². The molecule has 12 heteroatoms. The Kier molecular flexibility index (Phi) is 6.27. The second-order valence-electron chi connectivity index (χ2n) is 7.07. The topological polar surface area (TPSA) is 104 Å². The molecule has 2 heterocycles. The number of ketones is 1. The van der Waals surface area contributed by atoms with Crippen molar-refractivity contribution in [1.29, 1.82) is 5.26 Å². The van der Waals surface area contributed by atoms with Crippen LogP contribution in [0.3, 0.4) is 0 Å². The van der Waals surface area contributed by atoms with E-state index in [0.29, 0.717) is 25.5 Å². The molecule has 3 rings (SSSR count). The number of rotatable bonds is 5. The van der Waals surface area contributed by atoms with Crippen LogP contribution in [0.2, 0.25) is 5.02 Å². The summed E-state index contributed by atoms with van der Waals surface area (Å²) in [4.78, 5) is 37.6. The Morgan fingerprint density at radius 1 is 1.28 bits per heavy atom. The lowest BCUT2D eigenvalue weighted by atomic mass is 10.1. The monoisotopic (exact) mass is 470 g/mol. The second-order valence-corrected chi connectivity index (χ2v) is 7.44. The third kappa shape index (κ3) is 4.31. The number of nitriles is 1. The molecule has 2 N–H and O–H groups in total. The number of aromatic nitrogens is 1. The number of carbonyl (C=O) groups is 3. The predicted octanol–water partition coefficient (Wildman–Crippen LogP) is 3.60. The maximum atomic E-state index is 13.5. The predicted molar refractivity (Wildman–Crippen MR) is 105 cm³/mol. The van der Waals surface area contributed by atoms with Gasteiger partial charge in [0.25, 0.3) is 17.6 Å². The molecule has 32 heavy (non-hydrogen) atoms. The van der Waals surface area contributed by atoms with E-state index in [2.05, 4.69) is 5.32 Å². The van der Waals surface area contributed by atoms with E-state index in [0.717, 1.165) is 12.1 Å². The van der Waals surface area contributed by atoms with Crippen LogP contribution < -0.4 is 10.6 Å². The number of fused-ring (bicyclic) bond motifs is 1. The quantitative estimate of drug-likeness (QED) is 0.396. The molecule has 1 aliphatic heterocycles. The molecule has 0 saturated carbocycles.